The molecule has 1 aromatic heterocycles. The van der Waals surface area contributed by atoms with Crippen molar-refractivity contribution in [2.24, 2.45) is 0 Å². The number of nitrogen functional groups attached to an aromatic ring is 1. The first-order chi connectivity index (χ1) is 10.5. The lowest BCUT2D eigenvalue weighted by molar-refractivity contribution is 0.129. The molecule has 0 bridgehead atoms. The average Bonchev–Trinajstić information content (AvgIpc) is 2.46. The molecular formula is C14H22N6O2. The second kappa shape index (κ2) is 5.96. The SMILES string of the molecule is CN(C(=O)O)C1CN(c2cc(C3CCNCC3)nc(N)n2)C1. The van der Waals surface area contributed by atoms with Crippen LogP contribution in [0.5, 0.6) is 0 Å². The lowest BCUT2D eigenvalue weighted by atomic mass is 9.94. The predicted molar refractivity (Wildman–Crippen MR) is 83.1 cm³/mol. The molecule has 3 rings (SSSR count). The van der Waals surface area contributed by atoms with Gasteiger partial charge in [0.1, 0.15) is 5.82 Å². The number of carboxylic acid groups (broad SMARTS) is 1. The minimum Gasteiger partial charge on any atom is -0.465 e. The number of nitrogens with one attached hydrogen (secondary N) is 1. The summed E-state index contributed by atoms with van der Waals surface area (Å²) in [7, 11) is 1.60. The van der Waals surface area contributed by atoms with Crippen molar-refractivity contribution in [3.63, 3.8) is 0 Å². The van der Waals surface area contributed by atoms with E-state index in [-0.39, 0.29) is 6.04 Å². The van der Waals surface area contributed by atoms with Gasteiger partial charge in [-0.3, -0.25) is 0 Å². The van der Waals surface area contributed by atoms with Crippen molar-refractivity contribution in [2.45, 2.75) is 24.8 Å². The van der Waals surface area contributed by atoms with E-state index < -0.39 is 6.09 Å². The fourth-order valence-electron chi connectivity index (χ4n) is 3.00. The molecule has 8 nitrogen and oxygen atoms in total. The summed E-state index contributed by atoms with van der Waals surface area (Å²) >= 11 is 0. The Morgan fingerprint density at radius 3 is 2.73 bits per heavy atom. The molecule has 0 atom stereocenters. The highest BCUT2D eigenvalue weighted by Crippen LogP contribution is 2.29. The molecule has 0 unspecified atom stereocenters. The lowest BCUT2D eigenvalue weighted by Crippen LogP contribution is -2.60. The number of nitrogens with zero attached hydrogens (tertiary/aromatic N) is 4. The highest BCUT2D eigenvalue weighted by atomic mass is 16.4. The summed E-state index contributed by atoms with van der Waals surface area (Å²) in [6, 6.07) is 2.01. The van der Waals surface area contributed by atoms with E-state index in [1.807, 2.05) is 11.0 Å². The number of hydrogen-bond acceptors (Lipinski definition) is 6. The minimum atomic E-state index is -0.901. The van der Waals surface area contributed by atoms with Crippen LogP contribution in [0.4, 0.5) is 16.6 Å². The van der Waals surface area contributed by atoms with Gasteiger partial charge in [-0.2, -0.15) is 4.98 Å². The molecule has 2 aliphatic rings. The molecule has 8 heteroatoms. The van der Waals surface area contributed by atoms with Crippen molar-refractivity contribution in [1.82, 2.24) is 20.2 Å². The summed E-state index contributed by atoms with van der Waals surface area (Å²) in [6.07, 6.45) is 1.21. The molecule has 0 saturated carbocycles. The molecule has 4 N–H and O–H groups in total. The number of aromatic nitrogens is 2. The Kier molecular flexibility index (Phi) is 4.02. The number of piperidine rings is 1. The Labute approximate surface area is 129 Å². The van der Waals surface area contributed by atoms with Crippen molar-refractivity contribution in [2.75, 3.05) is 43.9 Å². The molecule has 0 spiro atoms. The zero-order valence-corrected chi connectivity index (χ0v) is 12.7. The molecule has 1 aromatic rings. The van der Waals surface area contributed by atoms with Crippen LogP contribution in [0.2, 0.25) is 0 Å². The van der Waals surface area contributed by atoms with Crippen molar-refractivity contribution < 1.29 is 9.90 Å². The van der Waals surface area contributed by atoms with Crippen LogP contribution in [-0.2, 0) is 0 Å². The van der Waals surface area contributed by atoms with Crippen LogP contribution in [-0.4, -0.2) is 65.3 Å². The van der Waals surface area contributed by atoms with Crippen LogP contribution in [0.25, 0.3) is 0 Å². The molecular weight excluding hydrogens is 284 g/mol. The number of likely N-dealkylation sites (N-methyl/N-ethyl adjacent to an activating group) is 1. The number of carbonyl (C=O) groups is 1. The van der Waals surface area contributed by atoms with E-state index in [2.05, 4.69) is 15.3 Å². The maximum Gasteiger partial charge on any atom is 0.407 e. The lowest BCUT2D eigenvalue weighted by Gasteiger charge is -2.43. The van der Waals surface area contributed by atoms with E-state index in [0.717, 1.165) is 37.4 Å². The van der Waals surface area contributed by atoms with Gasteiger partial charge in [-0.1, -0.05) is 0 Å². The number of rotatable bonds is 3. The largest absolute Gasteiger partial charge is 0.465 e. The van der Waals surface area contributed by atoms with Crippen LogP contribution in [0.1, 0.15) is 24.5 Å². The first-order valence-corrected chi connectivity index (χ1v) is 7.60. The molecule has 120 valence electrons. The molecule has 0 aromatic carbocycles. The number of nitrogens with two attached hydrogens (primary N) is 1. The Balaban J connectivity index is 1.70. The highest BCUT2D eigenvalue weighted by Gasteiger charge is 2.33. The van der Waals surface area contributed by atoms with Crippen molar-refractivity contribution in [3.8, 4) is 0 Å². The summed E-state index contributed by atoms with van der Waals surface area (Å²) in [5, 5.41) is 12.3. The summed E-state index contributed by atoms with van der Waals surface area (Å²) in [6.45, 7) is 3.29. The Morgan fingerprint density at radius 2 is 2.09 bits per heavy atom. The van der Waals surface area contributed by atoms with Crippen molar-refractivity contribution >= 4 is 17.9 Å². The molecule has 0 radical (unpaired) electrons. The second-order valence-electron chi connectivity index (χ2n) is 5.99. The van der Waals surface area contributed by atoms with E-state index in [1.165, 1.54) is 4.90 Å². The Hall–Kier alpha value is -2.09. The number of anilines is 2. The van der Waals surface area contributed by atoms with Crippen LogP contribution in [0.15, 0.2) is 6.07 Å². The van der Waals surface area contributed by atoms with E-state index in [0.29, 0.717) is 25.0 Å². The zero-order chi connectivity index (χ0) is 15.7. The number of amides is 1. The van der Waals surface area contributed by atoms with Gasteiger partial charge >= 0.3 is 6.09 Å². The van der Waals surface area contributed by atoms with Gasteiger partial charge in [-0.15, -0.1) is 0 Å². The van der Waals surface area contributed by atoms with Crippen LogP contribution >= 0.6 is 0 Å². The normalized spacial score (nSPS) is 19.8. The molecule has 3 heterocycles. The van der Waals surface area contributed by atoms with Gasteiger partial charge in [0, 0.05) is 32.1 Å². The van der Waals surface area contributed by atoms with Gasteiger partial charge < -0.3 is 26.0 Å². The second-order valence-corrected chi connectivity index (χ2v) is 5.99. The van der Waals surface area contributed by atoms with Crippen LogP contribution in [0, 0.1) is 0 Å². The quantitative estimate of drug-likeness (QED) is 0.738. The van der Waals surface area contributed by atoms with Crippen LogP contribution in [0.3, 0.4) is 0 Å². The van der Waals surface area contributed by atoms with Gasteiger partial charge in [0.05, 0.1) is 11.7 Å². The standard InChI is InChI=1S/C14H22N6O2/c1-19(14(21)22)10-7-20(8-10)12-6-11(17-13(15)18-12)9-2-4-16-5-3-9/h6,9-10,16H,2-5,7-8H2,1H3,(H,21,22)(H2,15,17,18). The summed E-state index contributed by atoms with van der Waals surface area (Å²) in [5.41, 5.74) is 6.86. The van der Waals surface area contributed by atoms with Gasteiger partial charge in [0.2, 0.25) is 5.95 Å². The van der Waals surface area contributed by atoms with Crippen molar-refractivity contribution in [1.29, 1.82) is 0 Å². The van der Waals surface area contributed by atoms with E-state index >= 15 is 0 Å². The monoisotopic (exact) mass is 306 g/mol. The Morgan fingerprint density at radius 1 is 1.41 bits per heavy atom. The first-order valence-electron chi connectivity index (χ1n) is 7.60. The zero-order valence-electron chi connectivity index (χ0n) is 12.7. The fourth-order valence-corrected chi connectivity index (χ4v) is 3.00. The maximum atomic E-state index is 10.9. The van der Waals surface area contributed by atoms with E-state index in [1.54, 1.807) is 7.05 Å². The third kappa shape index (κ3) is 2.92. The summed E-state index contributed by atoms with van der Waals surface area (Å²) in [5.74, 6) is 1.52. The Bertz CT molecular complexity index is 554. The maximum absolute atomic E-state index is 10.9. The minimum absolute atomic E-state index is 0.0102. The van der Waals surface area contributed by atoms with Crippen molar-refractivity contribution in [3.05, 3.63) is 11.8 Å². The topological polar surface area (TPSA) is 108 Å². The fraction of sp³-hybridized carbons (Fsp3) is 0.643. The van der Waals surface area contributed by atoms with Crippen LogP contribution < -0.4 is 16.0 Å². The third-order valence-electron chi connectivity index (χ3n) is 4.54. The molecule has 1 amide bonds. The van der Waals surface area contributed by atoms with E-state index in [4.69, 9.17) is 10.8 Å². The first kappa shape index (κ1) is 14.8. The smallest absolute Gasteiger partial charge is 0.407 e. The van der Waals surface area contributed by atoms with Gasteiger partial charge in [-0.05, 0) is 25.9 Å². The molecule has 2 saturated heterocycles. The third-order valence-corrected chi connectivity index (χ3v) is 4.54. The van der Waals surface area contributed by atoms with Gasteiger partial charge in [0.25, 0.3) is 0 Å². The predicted octanol–water partition coefficient (Wildman–Crippen LogP) is 0.324. The summed E-state index contributed by atoms with van der Waals surface area (Å²) < 4.78 is 0. The molecule has 2 aliphatic heterocycles. The molecule has 0 aliphatic carbocycles. The number of hydrogen-bond donors (Lipinski definition) is 3. The summed E-state index contributed by atoms with van der Waals surface area (Å²) in [4.78, 5) is 23.0. The molecule has 22 heavy (non-hydrogen) atoms. The van der Waals surface area contributed by atoms with E-state index in [9.17, 15) is 4.79 Å². The highest BCUT2D eigenvalue weighted by molar-refractivity contribution is 5.66. The average molecular weight is 306 g/mol. The van der Waals surface area contributed by atoms with Gasteiger partial charge in [-0.25, -0.2) is 9.78 Å². The van der Waals surface area contributed by atoms with Gasteiger partial charge in [0.15, 0.2) is 0 Å². The molecule has 2 fully saturated rings.